The lowest BCUT2D eigenvalue weighted by molar-refractivity contribution is 0.0734. The molecular weight excluding hydrogens is 357 g/mol. The van der Waals surface area contributed by atoms with Crippen molar-refractivity contribution in [3.8, 4) is 5.75 Å². The van der Waals surface area contributed by atoms with Crippen molar-refractivity contribution in [1.29, 1.82) is 0 Å². The van der Waals surface area contributed by atoms with Crippen LogP contribution in [0.2, 0.25) is 0 Å². The number of carbonyl (C=O) groups excluding carboxylic acids is 1. The van der Waals surface area contributed by atoms with E-state index in [-0.39, 0.29) is 16.2 Å². The molecule has 1 saturated heterocycles. The van der Waals surface area contributed by atoms with E-state index >= 15 is 0 Å². The lowest BCUT2D eigenvalue weighted by Crippen LogP contribution is -2.36. The Morgan fingerprint density at radius 1 is 1.04 bits per heavy atom. The Labute approximate surface area is 152 Å². The highest BCUT2D eigenvalue weighted by molar-refractivity contribution is 7.89. The smallest absolute Gasteiger partial charge is 0.343 e. The summed E-state index contributed by atoms with van der Waals surface area (Å²) in [7, 11) is -3.65. The number of hydrogen-bond acceptors (Lipinski definition) is 4. The van der Waals surface area contributed by atoms with Crippen LogP contribution >= 0.6 is 0 Å². The Morgan fingerprint density at radius 2 is 1.69 bits per heavy atom. The van der Waals surface area contributed by atoms with Crippen LogP contribution in [0, 0.1) is 12.7 Å². The summed E-state index contributed by atoms with van der Waals surface area (Å²) in [6.45, 7) is 2.68. The number of sulfonamides is 1. The molecule has 3 rings (SSSR count). The molecule has 0 radical (unpaired) electrons. The molecule has 0 unspecified atom stereocenters. The highest BCUT2D eigenvalue weighted by Crippen LogP contribution is 2.25. The molecule has 0 amide bonds. The maximum absolute atomic E-state index is 12.9. The minimum Gasteiger partial charge on any atom is -0.423 e. The molecule has 0 N–H and O–H groups in total. The molecule has 7 heteroatoms. The minimum absolute atomic E-state index is 0.118. The third-order valence-electron chi connectivity index (χ3n) is 4.38. The second-order valence-electron chi connectivity index (χ2n) is 6.29. The number of hydrogen-bond donors (Lipinski definition) is 0. The first kappa shape index (κ1) is 18.5. The molecular formula is C19H20FNO4S. The molecule has 0 bridgehead atoms. The SMILES string of the molecule is Cc1ccc(C(=O)Oc2ccc(F)cc2)cc1S(=O)(=O)N1CCCCC1. The quantitative estimate of drug-likeness (QED) is 0.604. The van der Waals surface area contributed by atoms with Gasteiger partial charge in [-0.2, -0.15) is 4.31 Å². The van der Waals surface area contributed by atoms with E-state index in [1.54, 1.807) is 13.0 Å². The molecule has 0 spiro atoms. The number of rotatable bonds is 4. The van der Waals surface area contributed by atoms with Crippen molar-refractivity contribution in [2.45, 2.75) is 31.1 Å². The first-order valence-corrected chi connectivity index (χ1v) is 9.90. The fourth-order valence-electron chi connectivity index (χ4n) is 2.92. The Bertz CT molecular complexity index is 904. The summed E-state index contributed by atoms with van der Waals surface area (Å²) >= 11 is 0. The van der Waals surface area contributed by atoms with E-state index < -0.39 is 21.8 Å². The molecule has 26 heavy (non-hydrogen) atoms. The second kappa shape index (κ2) is 7.55. The van der Waals surface area contributed by atoms with Crippen LogP contribution in [0.4, 0.5) is 4.39 Å². The number of aryl methyl sites for hydroxylation is 1. The van der Waals surface area contributed by atoms with Gasteiger partial charge in [-0.05, 0) is 61.7 Å². The molecule has 2 aromatic carbocycles. The minimum atomic E-state index is -3.65. The van der Waals surface area contributed by atoms with Crippen LogP contribution in [0.25, 0.3) is 0 Å². The van der Waals surface area contributed by atoms with Gasteiger partial charge in [-0.15, -0.1) is 0 Å². The van der Waals surface area contributed by atoms with Gasteiger partial charge in [0.2, 0.25) is 10.0 Å². The highest BCUT2D eigenvalue weighted by atomic mass is 32.2. The number of benzene rings is 2. The third-order valence-corrected chi connectivity index (χ3v) is 6.42. The Hall–Kier alpha value is -2.25. The summed E-state index contributed by atoms with van der Waals surface area (Å²) in [5.41, 5.74) is 0.712. The number of nitrogens with zero attached hydrogens (tertiary/aromatic N) is 1. The average molecular weight is 377 g/mol. The summed E-state index contributed by atoms with van der Waals surface area (Å²) in [6, 6.07) is 9.52. The number of piperidine rings is 1. The number of ether oxygens (including phenoxy) is 1. The van der Waals surface area contributed by atoms with Crippen LogP contribution in [0.15, 0.2) is 47.4 Å². The van der Waals surface area contributed by atoms with Crippen LogP contribution in [0.3, 0.4) is 0 Å². The van der Waals surface area contributed by atoms with Crippen LogP contribution in [0.1, 0.15) is 35.2 Å². The van der Waals surface area contributed by atoms with E-state index in [2.05, 4.69) is 0 Å². The van der Waals surface area contributed by atoms with Crippen molar-refractivity contribution in [1.82, 2.24) is 4.31 Å². The van der Waals surface area contributed by atoms with E-state index in [4.69, 9.17) is 4.74 Å². The fourth-order valence-corrected chi connectivity index (χ4v) is 4.69. The van der Waals surface area contributed by atoms with Gasteiger partial charge in [0.25, 0.3) is 0 Å². The topological polar surface area (TPSA) is 63.7 Å². The van der Waals surface area contributed by atoms with Gasteiger partial charge in [0.05, 0.1) is 10.5 Å². The van der Waals surface area contributed by atoms with Crippen molar-refractivity contribution >= 4 is 16.0 Å². The summed E-state index contributed by atoms with van der Waals surface area (Å²) in [6.07, 6.45) is 2.70. The molecule has 0 aromatic heterocycles. The fraction of sp³-hybridized carbons (Fsp3) is 0.316. The van der Waals surface area contributed by atoms with Crippen molar-refractivity contribution < 1.29 is 22.3 Å². The monoisotopic (exact) mass is 377 g/mol. The van der Waals surface area contributed by atoms with Crippen molar-refractivity contribution in [2.24, 2.45) is 0 Å². The summed E-state index contributed by atoms with van der Waals surface area (Å²) < 4.78 is 45.4. The third kappa shape index (κ3) is 3.94. The van der Waals surface area contributed by atoms with Gasteiger partial charge in [0.1, 0.15) is 11.6 Å². The van der Waals surface area contributed by atoms with Gasteiger partial charge in [-0.1, -0.05) is 12.5 Å². The molecule has 5 nitrogen and oxygen atoms in total. The molecule has 0 saturated carbocycles. The molecule has 1 aliphatic rings. The predicted octanol–water partition coefficient (Wildman–Crippen LogP) is 3.53. The molecule has 1 heterocycles. The van der Waals surface area contributed by atoms with Gasteiger partial charge >= 0.3 is 5.97 Å². The molecule has 1 fully saturated rings. The van der Waals surface area contributed by atoms with Gasteiger partial charge in [-0.25, -0.2) is 17.6 Å². The highest BCUT2D eigenvalue weighted by Gasteiger charge is 2.28. The van der Waals surface area contributed by atoms with Crippen LogP contribution in [-0.4, -0.2) is 31.8 Å². The van der Waals surface area contributed by atoms with E-state index in [1.807, 2.05) is 0 Å². The normalized spacial score (nSPS) is 15.6. The standard InChI is InChI=1S/C19H20FNO4S/c1-14-5-6-15(19(22)25-17-9-7-16(20)8-10-17)13-18(14)26(23,24)21-11-3-2-4-12-21/h5-10,13H,2-4,11-12H2,1H3. The van der Waals surface area contributed by atoms with Crippen molar-refractivity contribution in [2.75, 3.05) is 13.1 Å². The van der Waals surface area contributed by atoms with Crippen molar-refractivity contribution in [3.63, 3.8) is 0 Å². The van der Waals surface area contributed by atoms with Gasteiger partial charge < -0.3 is 4.74 Å². The zero-order valence-electron chi connectivity index (χ0n) is 14.4. The zero-order valence-corrected chi connectivity index (χ0v) is 15.3. The maximum atomic E-state index is 12.9. The zero-order chi connectivity index (χ0) is 18.7. The molecule has 2 aromatic rings. The Balaban J connectivity index is 1.87. The Morgan fingerprint density at radius 3 is 2.35 bits per heavy atom. The average Bonchev–Trinajstić information content (AvgIpc) is 2.64. The lowest BCUT2D eigenvalue weighted by atomic mass is 10.1. The van der Waals surface area contributed by atoms with E-state index in [9.17, 15) is 17.6 Å². The summed E-state index contributed by atoms with van der Waals surface area (Å²) in [4.78, 5) is 12.5. The first-order valence-electron chi connectivity index (χ1n) is 8.46. The van der Waals surface area contributed by atoms with E-state index in [0.717, 1.165) is 19.3 Å². The number of carbonyl (C=O) groups is 1. The molecule has 0 aliphatic carbocycles. The van der Waals surface area contributed by atoms with Crippen LogP contribution in [-0.2, 0) is 10.0 Å². The second-order valence-corrected chi connectivity index (χ2v) is 8.19. The summed E-state index contributed by atoms with van der Waals surface area (Å²) in [5, 5.41) is 0. The van der Waals surface area contributed by atoms with Crippen LogP contribution < -0.4 is 4.74 Å². The molecule has 1 aliphatic heterocycles. The lowest BCUT2D eigenvalue weighted by Gasteiger charge is -2.26. The maximum Gasteiger partial charge on any atom is 0.343 e. The molecule has 138 valence electrons. The predicted molar refractivity (Wildman–Crippen MR) is 95.1 cm³/mol. The first-order chi connectivity index (χ1) is 12.4. The summed E-state index contributed by atoms with van der Waals surface area (Å²) in [5.74, 6) is -0.931. The largest absolute Gasteiger partial charge is 0.423 e. The van der Waals surface area contributed by atoms with Gasteiger partial charge in [0.15, 0.2) is 0 Å². The molecule has 0 atom stereocenters. The van der Waals surface area contributed by atoms with Gasteiger partial charge in [-0.3, -0.25) is 0 Å². The van der Waals surface area contributed by atoms with Crippen LogP contribution in [0.5, 0.6) is 5.75 Å². The van der Waals surface area contributed by atoms with E-state index in [0.29, 0.717) is 18.7 Å². The number of halogens is 1. The Kier molecular flexibility index (Phi) is 5.38. The number of esters is 1. The van der Waals surface area contributed by atoms with Crippen molar-refractivity contribution in [3.05, 3.63) is 59.4 Å². The van der Waals surface area contributed by atoms with Gasteiger partial charge in [0, 0.05) is 13.1 Å². The van der Waals surface area contributed by atoms with E-state index in [1.165, 1.54) is 40.7 Å².